The van der Waals surface area contributed by atoms with E-state index in [-0.39, 0.29) is 13.2 Å². The summed E-state index contributed by atoms with van der Waals surface area (Å²) in [5.74, 6) is 0. The van der Waals surface area contributed by atoms with Crippen molar-refractivity contribution in [3.8, 4) is 0 Å². The van der Waals surface area contributed by atoms with Gasteiger partial charge in [0.05, 0.1) is 0 Å². The Morgan fingerprint density at radius 1 is 1.36 bits per heavy atom. The van der Waals surface area contributed by atoms with Crippen LogP contribution < -0.4 is 5.48 Å². The molecule has 0 aromatic carbocycles. The van der Waals surface area contributed by atoms with Gasteiger partial charge in [-0.2, -0.15) is 0 Å². The molecule has 0 aromatic heterocycles. The summed E-state index contributed by atoms with van der Waals surface area (Å²) in [5, 5.41) is 8.00. The lowest BCUT2D eigenvalue weighted by molar-refractivity contribution is 0.122. The Bertz CT molecular complexity index is 99.8. The zero-order chi connectivity index (χ0) is 8.74. The highest BCUT2D eigenvalue weighted by Crippen LogP contribution is 2.07. The molecule has 0 aliphatic rings. The maximum Gasteiger partial charge on any atom is 0.503 e. The first-order valence-corrected chi connectivity index (χ1v) is 3.22. The highest BCUT2D eigenvalue weighted by Gasteiger charge is 2.22. The van der Waals surface area contributed by atoms with Crippen LogP contribution in [-0.4, -0.2) is 31.8 Å². The molecule has 0 radical (unpaired) electrons. The van der Waals surface area contributed by atoms with Crippen molar-refractivity contribution in [1.82, 2.24) is 5.48 Å². The zero-order valence-electron chi connectivity index (χ0n) is 5.90. The smallest absolute Gasteiger partial charge is 0.447 e. The molecule has 0 amide bonds. The second-order valence-corrected chi connectivity index (χ2v) is 2.05. The van der Waals surface area contributed by atoms with Crippen molar-refractivity contribution < 1.29 is 22.9 Å². The minimum atomic E-state index is -4.83. The monoisotopic (exact) mass is 172 g/mol. The third kappa shape index (κ3) is 9.73. The molecular formula is C4H10BF3NO2-. The summed E-state index contributed by atoms with van der Waals surface area (Å²) in [6.45, 7) is -5.74. The van der Waals surface area contributed by atoms with E-state index in [0.29, 0.717) is 6.42 Å². The summed E-state index contributed by atoms with van der Waals surface area (Å²) < 4.78 is 38.6. The van der Waals surface area contributed by atoms with Gasteiger partial charge in [0, 0.05) is 19.7 Å². The van der Waals surface area contributed by atoms with Gasteiger partial charge in [-0.25, -0.2) is 5.48 Å². The van der Waals surface area contributed by atoms with Crippen LogP contribution >= 0.6 is 0 Å². The zero-order valence-corrected chi connectivity index (χ0v) is 5.90. The number of hydrogen-bond donors (Lipinski definition) is 2. The van der Waals surface area contributed by atoms with Gasteiger partial charge in [0.25, 0.3) is 0 Å². The first-order chi connectivity index (χ1) is 5.06. The van der Waals surface area contributed by atoms with Crippen LogP contribution in [0.3, 0.4) is 0 Å². The van der Waals surface area contributed by atoms with Gasteiger partial charge in [0.1, 0.15) is 0 Å². The van der Waals surface area contributed by atoms with Crippen LogP contribution in [0, 0.1) is 0 Å². The lowest BCUT2D eigenvalue weighted by Gasteiger charge is -2.13. The lowest BCUT2D eigenvalue weighted by Crippen LogP contribution is -2.25. The van der Waals surface area contributed by atoms with Crippen LogP contribution in [0.25, 0.3) is 0 Å². The van der Waals surface area contributed by atoms with E-state index < -0.39 is 13.5 Å². The molecule has 0 aromatic rings. The lowest BCUT2D eigenvalue weighted by atomic mass is 9.95. The number of hydrogen-bond acceptors (Lipinski definition) is 3. The number of rotatable bonds is 6. The van der Waals surface area contributed by atoms with Crippen molar-refractivity contribution >= 4 is 6.98 Å². The maximum atomic E-state index is 11.4. The van der Waals surface area contributed by atoms with Gasteiger partial charge in [-0.05, 0) is 6.42 Å². The molecule has 2 N–H and O–H groups in total. The molecule has 11 heavy (non-hydrogen) atoms. The van der Waals surface area contributed by atoms with Crippen LogP contribution in [0.2, 0.25) is 0 Å². The largest absolute Gasteiger partial charge is 0.503 e. The van der Waals surface area contributed by atoms with E-state index in [4.69, 9.17) is 5.21 Å². The minimum Gasteiger partial charge on any atom is -0.447 e. The Hall–Kier alpha value is -0.265. The van der Waals surface area contributed by atoms with Crippen LogP contribution in [0.4, 0.5) is 12.9 Å². The summed E-state index contributed by atoms with van der Waals surface area (Å²) in [6, 6.07) is 0. The minimum absolute atomic E-state index is 0.00875. The highest BCUT2D eigenvalue weighted by atomic mass is 19.4. The van der Waals surface area contributed by atoms with E-state index in [2.05, 4.69) is 4.74 Å². The number of ether oxygens (including phenoxy) is 1. The molecule has 0 aliphatic heterocycles. The normalized spacial score (nSPS) is 12.0. The summed E-state index contributed by atoms with van der Waals surface area (Å²) in [4.78, 5) is 0. The van der Waals surface area contributed by atoms with Gasteiger partial charge in [0.2, 0.25) is 0 Å². The molecule has 0 aliphatic carbocycles. The average Bonchev–Trinajstić information content (AvgIpc) is 1.85. The van der Waals surface area contributed by atoms with E-state index in [0.717, 1.165) is 0 Å². The predicted octanol–water partition coefficient (Wildman–Crippen LogP) is 0.758. The van der Waals surface area contributed by atoms with E-state index in [1.54, 1.807) is 0 Å². The van der Waals surface area contributed by atoms with Crippen molar-refractivity contribution in [3.63, 3.8) is 0 Å². The molecule has 3 nitrogen and oxygen atoms in total. The number of hydroxylamine groups is 1. The number of halogens is 3. The SMILES string of the molecule is ONCCCOC[B-](F)(F)F. The third-order valence-corrected chi connectivity index (χ3v) is 0.884. The molecule has 68 valence electrons. The topological polar surface area (TPSA) is 41.5 Å². The molecule has 0 rings (SSSR count). The van der Waals surface area contributed by atoms with E-state index in [1.165, 1.54) is 0 Å². The second kappa shape index (κ2) is 5.39. The van der Waals surface area contributed by atoms with Crippen LogP contribution in [0.5, 0.6) is 0 Å². The van der Waals surface area contributed by atoms with E-state index >= 15 is 0 Å². The Morgan fingerprint density at radius 3 is 2.45 bits per heavy atom. The van der Waals surface area contributed by atoms with Gasteiger partial charge < -0.3 is 22.9 Å². The molecule has 0 unspecified atom stereocenters. The van der Waals surface area contributed by atoms with Crippen molar-refractivity contribution in [1.29, 1.82) is 0 Å². The van der Waals surface area contributed by atoms with Gasteiger partial charge in [-0.15, -0.1) is 0 Å². The van der Waals surface area contributed by atoms with Crippen LogP contribution in [0.15, 0.2) is 0 Å². The Kier molecular flexibility index (Phi) is 5.26. The standard InChI is InChI=1S/C4H10BF3NO2/c6-5(7,8)4-11-3-1-2-9-10/h9-10H,1-4H2/q-1. The summed E-state index contributed by atoms with van der Waals surface area (Å²) >= 11 is 0. The highest BCUT2D eigenvalue weighted by molar-refractivity contribution is 6.58. The Morgan fingerprint density at radius 2 is 2.00 bits per heavy atom. The average molecular weight is 172 g/mol. The van der Waals surface area contributed by atoms with Crippen LogP contribution in [-0.2, 0) is 4.74 Å². The molecule has 0 saturated heterocycles. The fraction of sp³-hybridized carbons (Fsp3) is 1.00. The van der Waals surface area contributed by atoms with Crippen molar-refractivity contribution in [2.24, 2.45) is 0 Å². The molecule has 7 heteroatoms. The van der Waals surface area contributed by atoms with Gasteiger partial charge in [0.15, 0.2) is 0 Å². The Balaban J connectivity index is 3.02. The van der Waals surface area contributed by atoms with Crippen LogP contribution in [0.1, 0.15) is 6.42 Å². The molecule has 0 bridgehead atoms. The molecule has 0 fully saturated rings. The quantitative estimate of drug-likeness (QED) is 0.353. The molecule has 0 spiro atoms. The first kappa shape index (κ1) is 10.7. The van der Waals surface area contributed by atoms with Gasteiger partial charge in [-0.3, -0.25) is 0 Å². The number of nitrogens with one attached hydrogen (secondary N) is 1. The van der Waals surface area contributed by atoms with Crippen molar-refractivity contribution in [2.75, 3.05) is 19.7 Å². The molecule has 0 saturated carbocycles. The second-order valence-electron chi connectivity index (χ2n) is 2.05. The Labute approximate surface area is 62.5 Å². The molecule has 0 atom stereocenters. The van der Waals surface area contributed by atoms with Crippen molar-refractivity contribution in [3.05, 3.63) is 0 Å². The summed E-state index contributed by atoms with van der Waals surface area (Å²) in [6.07, 6.45) is 0.364. The maximum absolute atomic E-state index is 11.4. The molecule has 0 heterocycles. The van der Waals surface area contributed by atoms with Gasteiger partial charge >= 0.3 is 6.98 Å². The fourth-order valence-electron chi connectivity index (χ4n) is 0.470. The van der Waals surface area contributed by atoms with Gasteiger partial charge in [-0.1, -0.05) is 0 Å². The molecular weight excluding hydrogens is 162 g/mol. The van der Waals surface area contributed by atoms with Crippen molar-refractivity contribution in [2.45, 2.75) is 6.42 Å². The van der Waals surface area contributed by atoms with E-state index in [9.17, 15) is 12.9 Å². The third-order valence-electron chi connectivity index (χ3n) is 0.884. The first-order valence-electron chi connectivity index (χ1n) is 3.22. The van der Waals surface area contributed by atoms with E-state index in [1.807, 2.05) is 5.48 Å². The predicted molar refractivity (Wildman–Crippen MR) is 34.3 cm³/mol. The fourth-order valence-corrected chi connectivity index (χ4v) is 0.470. The summed E-state index contributed by atoms with van der Waals surface area (Å²) in [5.41, 5.74) is 1.81. The summed E-state index contributed by atoms with van der Waals surface area (Å²) in [7, 11) is 0.